The number of hydrogen-bond donors (Lipinski definition) is 1. The van der Waals surface area contributed by atoms with E-state index in [2.05, 4.69) is 5.32 Å². The highest BCUT2D eigenvalue weighted by Crippen LogP contribution is 2.27. The summed E-state index contributed by atoms with van der Waals surface area (Å²) in [7, 11) is -4.22. The van der Waals surface area contributed by atoms with E-state index < -0.39 is 40.2 Å². The van der Waals surface area contributed by atoms with Crippen LogP contribution in [0.1, 0.15) is 43.4 Å². The first kappa shape index (κ1) is 31.1. The maximum Gasteiger partial charge on any atom is 0.264 e. The third-order valence-corrected chi connectivity index (χ3v) is 8.79. The largest absolute Gasteiger partial charge is 0.354 e. The van der Waals surface area contributed by atoms with Gasteiger partial charge in [-0.05, 0) is 80.8 Å². The van der Waals surface area contributed by atoms with E-state index in [4.69, 9.17) is 11.6 Å². The van der Waals surface area contributed by atoms with Crippen LogP contribution in [0.4, 0.5) is 10.1 Å². The lowest BCUT2D eigenvalue weighted by molar-refractivity contribution is -0.139. The van der Waals surface area contributed by atoms with Crippen molar-refractivity contribution in [2.45, 2.75) is 58.0 Å². The molecule has 1 N–H and O–H groups in total. The van der Waals surface area contributed by atoms with Crippen LogP contribution in [0.15, 0.2) is 71.6 Å². The summed E-state index contributed by atoms with van der Waals surface area (Å²) in [6.07, 6.45) is 1.64. The minimum atomic E-state index is -4.22. The standard InChI is InChI=1S/C30H35ClFN3O4S/c1-5-6-17-33-30(37)23(4)34(19-24-9-7-8-10-28(24)32)29(36)20-35(26-14-11-21(2)22(3)18-26)40(38,39)27-15-12-25(31)13-16-27/h7-16,18,23H,5-6,17,19-20H2,1-4H3,(H,33,37)/t23-/m0/s1. The van der Waals surface area contributed by atoms with Crippen LogP contribution in [0.2, 0.25) is 5.02 Å². The Kier molecular flexibility index (Phi) is 10.7. The number of rotatable bonds is 12. The molecule has 0 aliphatic carbocycles. The molecule has 3 rings (SSSR count). The third-order valence-electron chi connectivity index (χ3n) is 6.75. The Labute approximate surface area is 241 Å². The van der Waals surface area contributed by atoms with Gasteiger partial charge in [0.2, 0.25) is 11.8 Å². The Balaban J connectivity index is 2.03. The summed E-state index contributed by atoms with van der Waals surface area (Å²) < 4.78 is 43.4. The van der Waals surface area contributed by atoms with Gasteiger partial charge in [-0.2, -0.15) is 0 Å². The van der Waals surface area contributed by atoms with Crippen LogP contribution in [0.5, 0.6) is 0 Å². The van der Waals surface area contributed by atoms with Gasteiger partial charge in [-0.3, -0.25) is 13.9 Å². The van der Waals surface area contributed by atoms with Crippen molar-refractivity contribution in [2.24, 2.45) is 0 Å². The van der Waals surface area contributed by atoms with Crippen molar-refractivity contribution in [3.63, 3.8) is 0 Å². The van der Waals surface area contributed by atoms with Gasteiger partial charge in [-0.15, -0.1) is 0 Å². The SMILES string of the molecule is CCCCNC(=O)[C@H](C)N(Cc1ccccc1F)C(=O)CN(c1ccc(C)c(C)c1)S(=O)(=O)c1ccc(Cl)cc1. The Morgan fingerprint density at radius 3 is 2.30 bits per heavy atom. The van der Waals surface area contributed by atoms with Gasteiger partial charge in [-0.1, -0.05) is 49.2 Å². The summed E-state index contributed by atoms with van der Waals surface area (Å²) in [5.74, 6) is -1.59. The minimum Gasteiger partial charge on any atom is -0.354 e. The first-order valence-electron chi connectivity index (χ1n) is 13.1. The number of benzene rings is 3. The number of unbranched alkanes of at least 4 members (excludes halogenated alkanes) is 1. The van der Waals surface area contributed by atoms with E-state index in [9.17, 15) is 22.4 Å². The van der Waals surface area contributed by atoms with Crippen LogP contribution in [0.3, 0.4) is 0 Å². The van der Waals surface area contributed by atoms with E-state index >= 15 is 0 Å². The number of nitrogens with zero attached hydrogens (tertiary/aromatic N) is 2. The zero-order valence-electron chi connectivity index (χ0n) is 23.2. The number of aryl methyl sites for hydroxylation is 2. The Hall–Kier alpha value is -3.43. The predicted molar refractivity (Wildman–Crippen MR) is 156 cm³/mol. The average molecular weight is 588 g/mol. The summed E-state index contributed by atoms with van der Waals surface area (Å²) in [5.41, 5.74) is 2.30. The van der Waals surface area contributed by atoms with Gasteiger partial charge >= 0.3 is 0 Å². The highest BCUT2D eigenvalue weighted by molar-refractivity contribution is 7.92. The number of carbonyl (C=O) groups excluding carboxylic acids is 2. The van der Waals surface area contributed by atoms with E-state index in [0.717, 1.165) is 28.3 Å². The van der Waals surface area contributed by atoms with E-state index in [1.807, 2.05) is 20.8 Å². The van der Waals surface area contributed by atoms with Crippen LogP contribution in [-0.2, 0) is 26.2 Å². The average Bonchev–Trinajstić information content (AvgIpc) is 2.92. The molecule has 2 amide bonds. The van der Waals surface area contributed by atoms with E-state index in [0.29, 0.717) is 11.6 Å². The van der Waals surface area contributed by atoms with Crippen LogP contribution in [0.25, 0.3) is 0 Å². The molecule has 7 nitrogen and oxygen atoms in total. The van der Waals surface area contributed by atoms with Gasteiger partial charge in [0.05, 0.1) is 10.6 Å². The summed E-state index contributed by atoms with van der Waals surface area (Å²) in [5, 5.41) is 3.18. The van der Waals surface area contributed by atoms with Gasteiger partial charge in [0.25, 0.3) is 10.0 Å². The second-order valence-electron chi connectivity index (χ2n) is 9.67. The normalized spacial score (nSPS) is 12.1. The van der Waals surface area contributed by atoms with Crippen LogP contribution >= 0.6 is 11.6 Å². The first-order chi connectivity index (χ1) is 18.9. The Morgan fingerprint density at radius 1 is 1.00 bits per heavy atom. The molecule has 0 unspecified atom stereocenters. The molecule has 1 atom stereocenters. The molecule has 0 aliphatic rings. The van der Waals surface area contributed by atoms with Crippen molar-refractivity contribution >= 4 is 39.1 Å². The second-order valence-corrected chi connectivity index (χ2v) is 12.0. The fourth-order valence-corrected chi connectivity index (χ4v) is 5.60. The number of halogens is 2. The molecular formula is C30H35ClFN3O4S. The molecule has 0 fully saturated rings. The number of sulfonamides is 1. The van der Waals surface area contributed by atoms with Crippen molar-refractivity contribution in [1.82, 2.24) is 10.2 Å². The number of anilines is 1. The van der Waals surface area contributed by atoms with Crippen molar-refractivity contribution in [3.05, 3.63) is 94.3 Å². The highest BCUT2D eigenvalue weighted by atomic mass is 35.5. The first-order valence-corrected chi connectivity index (χ1v) is 14.9. The number of amides is 2. The summed E-state index contributed by atoms with van der Waals surface area (Å²) >= 11 is 5.98. The van der Waals surface area contributed by atoms with E-state index in [-0.39, 0.29) is 22.7 Å². The van der Waals surface area contributed by atoms with Crippen molar-refractivity contribution in [1.29, 1.82) is 0 Å². The van der Waals surface area contributed by atoms with Gasteiger partial charge in [-0.25, -0.2) is 12.8 Å². The molecule has 0 spiro atoms. The zero-order chi connectivity index (χ0) is 29.4. The number of carbonyl (C=O) groups is 2. The summed E-state index contributed by atoms with van der Waals surface area (Å²) in [6.45, 7) is 6.91. The lowest BCUT2D eigenvalue weighted by atomic mass is 10.1. The molecule has 40 heavy (non-hydrogen) atoms. The maximum absolute atomic E-state index is 14.6. The predicted octanol–water partition coefficient (Wildman–Crippen LogP) is 5.62. The fraction of sp³-hybridized carbons (Fsp3) is 0.333. The van der Waals surface area contributed by atoms with Gasteiger partial charge < -0.3 is 10.2 Å². The lowest BCUT2D eigenvalue weighted by Gasteiger charge is -2.32. The van der Waals surface area contributed by atoms with E-state index in [1.54, 1.807) is 31.2 Å². The maximum atomic E-state index is 14.6. The molecular weight excluding hydrogens is 553 g/mol. The molecule has 3 aromatic rings. The summed E-state index contributed by atoms with van der Waals surface area (Å²) in [4.78, 5) is 28.0. The monoisotopic (exact) mass is 587 g/mol. The van der Waals surface area contributed by atoms with E-state index in [1.165, 1.54) is 47.4 Å². The highest BCUT2D eigenvalue weighted by Gasteiger charge is 2.33. The van der Waals surface area contributed by atoms with Crippen molar-refractivity contribution in [3.8, 4) is 0 Å². The topological polar surface area (TPSA) is 86.8 Å². The second kappa shape index (κ2) is 13.8. The zero-order valence-corrected chi connectivity index (χ0v) is 24.7. The lowest BCUT2D eigenvalue weighted by Crippen LogP contribution is -2.51. The van der Waals surface area contributed by atoms with Crippen LogP contribution in [-0.4, -0.2) is 44.3 Å². The molecule has 214 valence electrons. The summed E-state index contributed by atoms with van der Waals surface area (Å²) in [6, 6.07) is 15.8. The quantitative estimate of drug-likeness (QED) is 0.279. The molecule has 0 aromatic heterocycles. The van der Waals surface area contributed by atoms with Gasteiger partial charge in [0.15, 0.2) is 0 Å². The molecule has 0 heterocycles. The molecule has 0 saturated carbocycles. The van der Waals surface area contributed by atoms with Crippen LogP contribution in [0, 0.1) is 19.7 Å². The number of nitrogens with one attached hydrogen (secondary N) is 1. The fourth-order valence-electron chi connectivity index (χ4n) is 4.07. The minimum absolute atomic E-state index is 0.0473. The molecule has 0 aliphatic heterocycles. The molecule has 0 saturated heterocycles. The molecule has 0 radical (unpaired) electrons. The smallest absolute Gasteiger partial charge is 0.264 e. The Bertz CT molecular complexity index is 1450. The Morgan fingerprint density at radius 2 is 1.68 bits per heavy atom. The van der Waals surface area contributed by atoms with Gasteiger partial charge in [0.1, 0.15) is 18.4 Å². The van der Waals surface area contributed by atoms with Crippen molar-refractivity contribution in [2.75, 3.05) is 17.4 Å². The third kappa shape index (κ3) is 7.61. The van der Waals surface area contributed by atoms with Gasteiger partial charge in [0, 0.05) is 23.7 Å². The van der Waals surface area contributed by atoms with Crippen LogP contribution < -0.4 is 9.62 Å². The molecule has 0 bridgehead atoms. The van der Waals surface area contributed by atoms with Crippen molar-refractivity contribution < 1.29 is 22.4 Å². The molecule has 10 heteroatoms. The number of hydrogen-bond acceptors (Lipinski definition) is 4. The molecule has 3 aromatic carbocycles.